The molecule has 3 aromatic rings. The molecule has 0 radical (unpaired) electrons. The number of ether oxygens (including phenoxy) is 1. The van der Waals surface area contributed by atoms with Gasteiger partial charge in [0.2, 0.25) is 5.91 Å². The number of hydrogen-bond donors (Lipinski definition) is 2. The topological polar surface area (TPSA) is 67.4 Å². The van der Waals surface area contributed by atoms with Gasteiger partial charge in [0, 0.05) is 17.3 Å². The molecule has 1 heterocycles. The molecule has 0 unspecified atom stereocenters. The van der Waals surface area contributed by atoms with Crippen molar-refractivity contribution in [2.45, 2.75) is 6.92 Å². The first-order valence-electron chi connectivity index (χ1n) is 7.42. The van der Waals surface area contributed by atoms with E-state index in [1.807, 2.05) is 0 Å². The molecule has 0 aliphatic heterocycles. The Morgan fingerprint density at radius 1 is 1.08 bits per heavy atom. The lowest BCUT2D eigenvalue weighted by molar-refractivity contribution is -0.114. The van der Waals surface area contributed by atoms with Crippen LogP contribution in [0.1, 0.15) is 16.6 Å². The van der Waals surface area contributed by atoms with Crippen molar-refractivity contribution in [2.75, 3.05) is 17.7 Å². The molecule has 0 atom stereocenters. The third kappa shape index (κ3) is 3.77. The molecule has 1 aromatic heterocycles. The van der Waals surface area contributed by atoms with Gasteiger partial charge in [-0.1, -0.05) is 0 Å². The molecule has 0 saturated carbocycles. The molecular weight excluding hydrogens is 343 g/mol. The minimum absolute atomic E-state index is 0.214. The van der Waals surface area contributed by atoms with Crippen molar-refractivity contribution >= 4 is 44.6 Å². The molecule has 7 heteroatoms. The highest BCUT2D eigenvalue weighted by Crippen LogP contribution is 2.31. The fourth-order valence-corrected chi connectivity index (χ4v) is 3.34. The van der Waals surface area contributed by atoms with Crippen LogP contribution in [0.15, 0.2) is 42.5 Å². The first kappa shape index (κ1) is 16.9. The molecule has 0 saturated heterocycles. The predicted molar refractivity (Wildman–Crippen MR) is 97.0 cm³/mol. The molecule has 2 amide bonds. The third-order valence-corrected chi connectivity index (χ3v) is 4.59. The lowest BCUT2D eigenvalue weighted by Crippen LogP contribution is -2.12. The zero-order valence-electron chi connectivity index (χ0n) is 13.6. The minimum atomic E-state index is -0.345. The minimum Gasteiger partial charge on any atom is -0.495 e. The van der Waals surface area contributed by atoms with E-state index in [2.05, 4.69) is 10.6 Å². The van der Waals surface area contributed by atoms with Crippen molar-refractivity contribution in [2.24, 2.45) is 0 Å². The maximum absolute atomic E-state index is 13.3. The van der Waals surface area contributed by atoms with E-state index in [1.165, 1.54) is 37.5 Å². The number of amides is 2. The Morgan fingerprint density at radius 2 is 1.88 bits per heavy atom. The van der Waals surface area contributed by atoms with E-state index in [4.69, 9.17) is 4.74 Å². The number of thiophene rings is 1. The van der Waals surface area contributed by atoms with Gasteiger partial charge in [-0.15, -0.1) is 11.3 Å². The van der Waals surface area contributed by atoms with Gasteiger partial charge in [0.25, 0.3) is 5.91 Å². The highest BCUT2D eigenvalue weighted by molar-refractivity contribution is 7.20. The average Bonchev–Trinajstić information content (AvgIpc) is 2.98. The Morgan fingerprint density at radius 3 is 2.60 bits per heavy atom. The lowest BCUT2D eigenvalue weighted by atomic mass is 10.2. The fraction of sp³-hybridized carbons (Fsp3) is 0.111. The quantitative estimate of drug-likeness (QED) is 0.732. The lowest BCUT2D eigenvalue weighted by Gasteiger charge is -2.11. The number of carbonyl (C=O) groups is 2. The van der Waals surface area contributed by atoms with Gasteiger partial charge in [-0.3, -0.25) is 9.59 Å². The number of rotatable bonds is 4. The van der Waals surface area contributed by atoms with Gasteiger partial charge in [0.15, 0.2) is 0 Å². The normalized spacial score (nSPS) is 10.5. The largest absolute Gasteiger partial charge is 0.495 e. The first-order chi connectivity index (χ1) is 12.0. The molecule has 0 spiro atoms. The number of halogens is 1. The standard InChI is InChI=1S/C18H15FN2O3S/c1-10(22)20-13-4-5-15(24-2)14(9-13)21-18(23)17-8-11-7-12(19)3-6-16(11)25-17/h3-9H,1-2H3,(H,20,22)(H,21,23). The van der Waals surface area contributed by atoms with Crippen molar-refractivity contribution in [1.29, 1.82) is 0 Å². The number of fused-ring (bicyclic) bond motifs is 1. The summed E-state index contributed by atoms with van der Waals surface area (Å²) in [5.41, 5.74) is 0.976. The molecule has 128 valence electrons. The summed E-state index contributed by atoms with van der Waals surface area (Å²) in [6, 6.07) is 11.0. The number of anilines is 2. The van der Waals surface area contributed by atoms with Crippen molar-refractivity contribution in [3.63, 3.8) is 0 Å². The summed E-state index contributed by atoms with van der Waals surface area (Å²) in [6.07, 6.45) is 0. The smallest absolute Gasteiger partial charge is 0.265 e. The number of benzene rings is 2. The Hall–Kier alpha value is -2.93. The van der Waals surface area contributed by atoms with E-state index < -0.39 is 0 Å². The van der Waals surface area contributed by atoms with Crippen LogP contribution in [0.3, 0.4) is 0 Å². The number of carbonyl (C=O) groups excluding carboxylic acids is 2. The highest BCUT2D eigenvalue weighted by Gasteiger charge is 2.14. The van der Waals surface area contributed by atoms with Crippen molar-refractivity contribution in [3.05, 3.63) is 53.2 Å². The van der Waals surface area contributed by atoms with Crippen LogP contribution in [0.4, 0.5) is 15.8 Å². The summed E-state index contributed by atoms with van der Waals surface area (Å²) < 4.78 is 19.4. The van der Waals surface area contributed by atoms with Crippen LogP contribution in [-0.4, -0.2) is 18.9 Å². The zero-order chi connectivity index (χ0) is 18.0. The van der Waals surface area contributed by atoms with E-state index in [-0.39, 0.29) is 17.6 Å². The molecule has 2 aromatic carbocycles. The predicted octanol–water partition coefficient (Wildman–Crippen LogP) is 4.26. The van der Waals surface area contributed by atoms with Gasteiger partial charge >= 0.3 is 0 Å². The van der Waals surface area contributed by atoms with Gasteiger partial charge in [0.05, 0.1) is 17.7 Å². The van der Waals surface area contributed by atoms with Gasteiger partial charge in [0.1, 0.15) is 11.6 Å². The monoisotopic (exact) mass is 358 g/mol. The van der Waals surface area contributed by atoms with E-state index in [0.29, 0.717) is 27.4 Å². The van der Waals surface area contributed by atoms with E-state index in [9.17, 15) is 14.0 Å². The third-order valence-electron chi connectivity index (χ3n) is 3.47. The molecule has 0 aliphatic rings. The van der Waals surface area contributed by atoms with Crippen LogP contribution < -0.4 is 15.4 Å². The van der Waals surface area contributed by atoms with Crippen molar-refractivity contribution < 1.29 is 18.7 Å². The SMILES string of the molecule is COc1ccc(NC(C)=O)cc1NC(=O)c1cc2cc(F)ccc2s1. The number of hydrogen-bond acceptors (Lipinski definition) is 4. The van der Waals surface area contributed by atoms with Crippen LogP contribution in [-0.2, 0) is 4.79 Å². The van der Waals surface area contributed by atoms with Crippen molar-refractivity contribution in [1.82, 2.24) is 0 Å². The van der Waals surface area contributed by atoms with Crippen molar-refractivity contribution in [3.8, 4) is 5.75 Å². The van der Waals surface area contributed by atoms with Gasteiger partial charge < -0.3 is 15.4 Å². The summed E-state index contributed by atoms with van der Waals surface area (Å²) in [7, 11) is 1.49. The molecule has 0 bridgehead atoms. The van der Waals surface area contributed by atoms with Gasteiger partial charge in [-0.05, 0) is 47.9 Å². The van der Waals surface area contributed by atoms with Gasteiger partial charge in [-0.25, -0.2) is 4.39 Å². The maximum atomic E-state index is 13.3. The molecular formula is C18H15FN2O3S. The molecule has 0 fully saturated rings. The summed E-state index contributed by atoms with van der Waals surface area (Å²) in [6.45, 7) is 1.40. The second-order valence-corrected chi connectivity index (χ2v) is 6.43. The first-order valence-corrected chi connectivity index (χ1v) is 8.24. The summed E-state index contributed by atoms with van der Waals surface area (Å²) in [4.78, 5) is 24.2. The Balaban J connectivity index is 1.89. The number of methoxy groups -OCH3 is 1. The summed E-state index contributed by atoms with van der Waals surface area (Å²) in [5.74, 6) is -0.426. The molecule has 2 N–H and O–H groups in total. The second-order valence-electron chi connectivity index (χ2n) is 5.34. The average molecular weight is 358 g/mol. The van der Waals surface area contributed by atoms with E-state index in [0.717, 1.165) is 4.70 Å². The molecule has 25 heavy (non-hydrogen) atoms. The maximum Gasteiger partial charge on any atom is 0.265 e. The summed E-state index contributed by atoms with van der Waals surface area (Å²) >= 11 is 1.27. The van der Waals surface area contributed by atoms with Crippen LogP contribution in [0, 0.1) is 5.82 Å². The van der Waals surface area contributed by atoms with Crippen LogP contribution >= 0.6 is 11.3 Å². The zero-order valence-corrected chi connectivity index (χ0v) is 14.4. The Labute approximate surface area is 147 Å². The Bertz CT molecular complexity index is 968. The fourth-order valence-electron chi connectivity index (χ4n) is 2.40. The van der Waals surface area contributed by atoms with Crippen LogP contribution in [0.2, 0.25) is 0 Å². The Kier molecular flexibility index (Phi) is 4.67. The van der Waals surface area contributed by atoms with E-state index >= 15 is 0 Å². The van der Waals surface area contributed by atoms with Gasteiger partial charge in [-0.2, -0.15) is 0 Å². The molecule has 3 rings (SSSR count). The van der Waals surface area contributed by atoms with E-state index in [1.54, 1.807) is 30.3 Å². The molecule has 5 nitrogen and oxygen atoms in total. The second kappa shape index (κ2) is 6.90. The number of nitrogens with one attached hydrogen (secondary N) is 2. The summed E-state index contributed by atoms with van der Waals surface area (Å²) in [5, 5.41) is 6.10. The van der Waals surface area contributed by atoms with Crippen LogP contribution in [0.5, 0.6) is 5.75 Å². The highest BCUT2D eigenvalue weighted by atomic mass is 32.1. The molecule has 0 aliphatic carbocycles. The van der Waals surface area contributed by atoms with Crippen LogP contribution in [0.25, 0.3) is 10.1 Å².